The van der Waals surface area contributed by atoms with Crippen molar-refractivity contribution in [2.24, 2.45) is 0 Å². The zero-order valence-electron chi connectivity index (χ0n) is 6.87. The number of carbonyl (C=O) groups is 1. The Bertz CT molecular complexity index is 461. The molecule has 0 fully saturated rings. The first kappa shape index (κ1) is 8.83. The van der Waals surface area contributed by atoms with Crippen molar-refractivity contribution in [3.05, 3.63) is 16.9 Å². The number of hydrogen-bond donors (Lipinski definition) is 1. The standard InChI is InChI=1S/C7H6BrN3OS/c1-4-6(5(12)2-8)13-7-9-3-10-11(4)7/h3H,2H2,1H3/p+1. The Hall–Kier alpha value is -0.750. The van der Waals surface area contributed by atoms with Gasteiger partial charge in [-0.3, -0.25) is 4.79 Å². The fourth-order valence-electron chi connectivity index (χ4n) is 1.15. The minimum atomic E-state index is 0.0985. The molecule has 0 amide bonds. The summed E-state index contributed by atoms with van der Waals surface area (Å²) in [6.45, 7) is 1.90. The van der Waals surface area contributed by atoms with Gasteiger partial charge in [0, 0.05) is 6.92 Å². The SMILES string of the molecule is Cc1c(C(=O)CBr)sc2nc[nH][n+]12. The number of ketones is 1. The van der Waals surface area contributed by atoms with Gasteiger partial charge in [-0.05, 0) is 16.3 Å². The molecular weight excluding hydrogens is 254 g/mol. The van der Waals surface area contributed by atoms with E-state index in [1.807, 2.05) is 6.92 Å². The number of aromatic nitrogens is 3. The third-order valence-electron chi connectivity index (χ3n) is 1.79. The fourth-order valence-corrected chi connectivity index (χ4v) is 2.61. The summed E-state index contributed by atoms with van der Waals surface area (Å²) in [6, 6.07) is 0. The summed E-state index contributed by atoms with van der Waals surface area (Å²) in [4.78, 5) is 17.1. The second kappa shape index (κ2) is 3.19. The van der Waals surface area contributed by atoms with Crippen LogP contribution in [0.4, 0.5) is 0 Å². The monoisotopic (exact) mass is 260 g/mol. The third kappa shape index (κ3) is 1.30. The molecule has 0 radical (unpaired) electrons. The number of thiazole rings is 1. The molecule has 6 heteroatoms. The zero-order valence-corrected chi connectivity index (χ0v) is 9.28. The van der Waals surface area contributed by atoms with E-state index in [2.05, 4.69) is 26.0 Å². The summed E-state index contributed by atoms with van der Waals surface area (Å²) < 4.78 is 1.81. The minimum absolute atomic E-state index is 0.0985. The van der Waals surface area contributed by atoms with Crippen molar-refractivity contribution >= 4 is 38.0 Å². The summed E-state index contributed by atoms with van der Waals surface area (Å²) in [7, 11) is 0. The molecule has 0 aliphatic rings. The van der Waals surface area contributed by atoms with Crippen molar-refractivity contribution in [1.82, 2.24) is 10.1 Å². The summed E-state index contributed by atoms with van der Waals surface area (Å²) >= 11 is 4.55. The molecule has 0 aromatic carbocycles. The number of fused-ring (bicyclic) bond motifs is 1. The van der Waals surface area contributed by atoms with E-state index in [1.54, 1.807) is 10.8 Å². The number of nitrogens with zero attached hydrogens (tertiary/aromatic N) is 2. The maximum atomic E-state index is 11.4. The second-order valence-corrected chi connectivity index (χ2v) is 4.12. The molecule has 0 atom stereocenters. The van der Waals surface area contributed by atoms with Crippen LogP contribution in [0.1, 0.15) is 15.4 Å². The van der Waals surface area contributed by atoms with Crippen LogP contribution < -0.4 is 4.52 Å². The fraction of sp³-hybridized carbons (Fsp3) is 0.286. The van der Waals surface area contributed by atoms with Gasteiger partial charge in [-0.1, -0.05) is 15.9 Å². The van der Waals surface area contributed by atoms with E-state index in [0.29, 0.717) is 5.33 Å². The topological polar surface area (TPSA) is 49.9 Å². The number of carbonyl (C=O) groups excluding carboxylic acids is 1. The van der Waals surface area contributed by atoms with Gasteiger partial charge in [0.2, 0.25) is 6.33 Å². The van der Waals surface area contributed by atoms with Gasteiger partial charge in [0.15, 0.2) is 5.78 Å². The van der Waals surface area contributed by atoms with Crippen LogP contribution in [0.25, 0.3) is 4.96 Å². The first-order chi connectivity index (χ1) is 6.24. The molecule has 68 valence electrons. The molecule has 2 aromatic rings. The highest BCUT2D eigenvalue weighted by Crippen LogP contribution is 2.16. The number of alkyl halides is 1. The van der Waals surface area contributed by atoms with Crippen LogP contribution in [0, 0.1) is 6.92 Å². The van der Waals surface area contributed by atoms with Crippen LogP contribution in [0.5, 0.6) is 0 Å². The Morgan fingerprint density at radius 1 is 1.85 bits per heavy atom. The van der Waals surface area contributed by atoms with E-state index < -0.39 is 0 Å². The number of halogens is 1. The normalized spacial score (nSPS) is 10.9. The lowest BCUT2D eigenvalue weighted by Crippen LogP contribution is -2.24. The molecule has 2 rings (SSSR count). The molecule has 0 saturated carbocycles. The van der Waals surface area contributed by atoms with Crippen LogP contribution in [-0.4, -0.2) is 21.2 Å². The lowest BCUT2D eigenvalue weighted by Gasteiger charge is -1.88. The number of H-pyrrole nitrogens is 1. The zero-order chi connectivity index (χ0) is 9.42. The largest absolute Gasteiger partial charge is 0.408 e. The molecule has 0 bridgehead atoms. The van der Waals surface area contributed by atoms with Crippen molar-refractivity contribution in [3.63, 3.8) is 0 Å². The van der Waals surface area contributed by atoms with E-state index >= 15 is 0 Å². The molecule has 2 heterocycles. The maximum absolute atomic E-state index is 11.4. The van der Waals surface area contributed by atoms with Crippen LogP contribution in [0.3, 0.4) is 0 Å². The second-order valence-electron chi connectivity index (χ2n) is 2.58. The molecule has 0 spiro atoms. The minimum Gasteiger partial charge on any atom is -0.292 e. The van der Waals surface area contributed by atoms with Gasteiger partial charge in [0.1, 0.15) is 10.6 Å². The summed E-state index contributed by atoms with van der Waals surface area (Å²) in [5, 5.41) is 3.29. The molecule has 0 aliphatic heterocycles. The van der Waals surface area contributed by atoms with Gasteiger partial charge in [0.05, 0.1) is 5.33 Å². The molecule has 0 saturated heterocycles. The van der Waals surface area contributed by atoms with Crippen LogP contribution in [0.2, 0.25) is 0 Å². The van der Waals surface area contributed by atoms with E-state index in [1.165, 1.54) is 11.3 Å². The Kier molecular flexibility index (Phi) is 2.17. The van der Waals surface area contributed by atoms with Crippen molar-refractivity contribution in [1.29, 1.82) is 0 Å². The van der Waals surface area contributed by atoms with Gasteiger partial charge >= 0.3 is 4.96 Å². The average molecular weight is 261 g/mol. The summed E-state index contributed by atoms with van der Waals surface area (Å²) in [5.74, 6) is 0.0985. The molecule has 2 aromatic heterocycles. The Morgan fingerprint density at radius 2 is 2.62 bits per heavy atom. The van der Waals surface area contributed by atoms with E-state index in [0.717, 1.165) is 15.5 Å². The first-order valence-corrected chi connectivity index (χ1v) is 5.61. The summed E-state index contributed by atoms with van der Waals surface area (Å²) in [6.07, 6.45) is 1.61. The number of aromatic amines is 1. The third-order valence-corrected chi connectivity index (χ3v) is 3.49. The molecule has 4 nitrogen and oxygen atoms in total. The van der Waals surface area contributed by atoms with Gasteiger partial charge in [-0.25, -0.2) is 0 Å². The smallest absolute Gasteiger partial charge is 0.292 e. The van der Waals surface area contributed by atoms with Gasteiger partial charge in [-0.2, -0.15) is 5.10 Å². The van der Waals surface area contributed by atoms with Crippen molar-refractivity contribution < 1.29 is 9.31 Å². The predicted molar refractivity (Wildman–Crippen MR) is 52.5 cm³/mol. The van der Waals surface area contributed by atoms with Gasteiger partial charge < -0.3 is 0 Å². The number of aryl methyl sites for hydroxylation is 1. The number of hydrogen-bond acceptors (Lipinski definition) is 3. The van der Waals surface area contributed by atoms with Crippen molar-refractivity contribution in [3.8, 4) is 0 Å². The first-order valence-electron chi connectivity index (χ1n) is 3.67. The molecule has 0 aliphatic carbocycles. The molecular formula is C7H7BrN3OS+. The van der Waals surface area contributed by atoms with Crippen LogP contribution in [0.15, 0.2) is 6.33 Å². The Morgan fingerprint density at radius 3 is 3.23 bits per heavy atom. The highest BCUT2D eigenvalue weighted by Gasteiger charge is 2.21. The average Bonchev–Trinajstić information content (AvgIpc) is 2.68. The maximum Gasteiger partial charge on any atom is 0.408 e. The van der Waals surface area contributed by atoms with Crippen molar-refractivity contribution in [2.75, 3.05) is 5.33 Å². The highest BCUT2D eigenvalue weighted by atomic mass is 79.9. The number of nitrogens with one attached hydrogen (secondary N) is 1. The quantitative estimate of drug-likeness (QED) is 0.500. The molecule has 0 unspecified atom stereocenters. The molecule has 13 heavy (non-hydrogen) atoms. The predicted octanol–water partition coefficient (Wildman–Crippen LogP) is 1.10. The lowest BCUT2D eigenvalue weighted by atomic mass is 10.3. The van der Waals surface area contributed by atoms with Crippen molar-refractivity contribution in [2.45, 2.75) is 6.92 Å². The Labute approximate surface area is 86.7 Å². The lowest BCUT2D eigenvalue weighted by molar-refractivity contribution is -0.580. The summed E-state index contributed by atoms with van der Waals surface area (Å²) in [5.41, 5.74) is 0.918. The van der Waals surface area contributed by atoms with E-state index in [-0.39, 0.29) is 5.78 Å². The Balaban J connectivity index is 2.64. The van der Waals surface area contributed by atoms with Crippen LogP contribution in [-0.2, 0) is 0 Å². The van der Waals surface area contributed by atoms with Crippen LogP contribution >= 0.6 is 27.3 Å². The molecule has 1 N–H and O–H groups in total. The van der Waals surface area contributed by atoms with Gasteiger partial charge in [-0.15, -0.1) is 4.52 Å². The van der Waals surface area contributed by atoms with Gasteiger partial charge in [0.25, 0.3) is 0 Å². The number of rotatable bonds is 2. The number of Topliss-reactive ketones (excluding diaryl/α,β-unsaturated/α-hetero) is 1. The van der Waals surface area contributed by atoms with E-state index in [4.69, 9.17) is 0 Å². The van der Waals surface area contributed by atoms with E-state index in [9.17, 15) is 4.79 Å². The highest BCUT2D eigenvalue weighted by molar-refractivity contribution is 9.09.